The number of hydrogen-bond donors (Lipinski definition) is 1. The minimum atomic E-state index is -0.315. The van der Waals surface area contributed by atoms with Crippen LogP contribution in [0.5, 0.6) is 5.75 Å². The first-order valence-electron chi connectivity index (χ1n) is 7.31. The average Bonchev–Trinajstić information content (AvgIpc) is 2.99. The lowest BCUT2D eigenvalue weighted by atomic mass is 10.1. The predicted octanol–water partition coefficient (Wildman–Crippen LogP) is 2.81. The van der Waals surface area contributed by atoms with Gasteiger partial charge in [-0.05, 0) is 37.0 Å². The van der Waals surface area contributed by atoms with E-state index < -0.39 is 0 Å². The fourth-order valence-electron chi connectivity index (χ4n) is 2.30. The Kier molecular flexibility index (Phi) is 5.85. The zero-order valence-electron chi connectivity index (χ0n) is 12.0. The highest BCUT2D eigenvalue weighted by atomic mass is 16.5. The van der Waals surface area contributed by atoms with Gasteiger partial charge in [0.2, 0.25) is 0 Å². The number of ether oxygens (including phenoxy) is 2. The fourth-order valence-corrected chi connectivity index (χ4v) is 2.30. The minimum absolute atomic E-state index is 0.241. The number of hydrogen-bond acceptors (Lipinski definition) is 4. The summed E-state index contributed by atoms with van der Waals surface area (Å²) >= 11 is 0. The maximum atomic E-state index is 9.33. The highest BCUT2D eigenvalue weighted by Gasteiger charge is 2.18. The van der Waals surface area contributed by atoms with Crippen molar-refractivity contribution in [1.82, 2.24) is 5.32 Å². The Hall–Kier alpha value is -1.57. The van der Waals surface area contributed by atoms with Gasteiger partial charge >= 0.3 is 0 Å². The molecule has 4 nitrogen and oxygen atoms in total. The molecule has 1 fully saturated rings. The zero-order valence-corrected chi connectivity index (χ0v) is 12.0. The van der Waals surface area contributed by atoms with Gasteiger partial charge in [-0.3, -0.25) is 5.32 Å². The van der Waals surface area contributed by atoms with Crippen molar-refractivity contribution < 1.29 is 9.47 Å². The maximum absolute atomic E-state index is 9.33. The number of nitriles is 1. The van der Waals surface area contributed by atoms with Gasteiger partial charge in [0.05, 0.1) is 18.8 Å². The summed E-state index contributed by atoms with van der Waals surface area (Å²) in [5.41, 5.74) is 0.944. The van der Waals surface area contributed by atoms with E-state index in [-0.39, 0.29) is 12.1 Å². The molecule has 4 heteroatoms. The van der Waals surface area contributed by atoms with Crippen molar-refractivity contribution in [2.75, 3.05) is 19.8 Å². The van der Waals surface area contributed by atoms with E-state index in [0.29, 0.717) is 6.61 Å². The van der Waals surface area contributed by atoms with Crippen LogP contribution in [-0.4, -0.2) is 25.9 Å². The molecule has 2 unspecified atom stereocenters. The summed E-state index contributed by atoms with van der Waals surface area (Å²) in [6, 6.07) is 9.73. The summed E-state index contributed by atoms with van der Waals surface area (Å²) in [5, 5.41) is 12.6. The molecule has 0 spiro atoms. The molecule has 0 aliphatic carbocycles. The summed E-state index contributed by atoms with van der Waals surface area (Å²) in [6.07, 6.45) is 3.41. The van der Waals surface area contributed by atoms with Crippen LogP contribution in [0.3, 0.4) is 0 Å². The molecule has 0 saturated carbocycles. The van der Waals surface area contributed by atoms with Crippen LogP contribution in [0.1, 0.15) is 37.8 Å². The Morgan fingerprint density at radius 1 is 1.55 bits per heavy atom. The number of rotatable bonds is 7. The summed E-state index contributed by atoms with van der Waals surface area (Å²) in [5.74, 6) is 0.823. The van der Waals surface area contributed by atoms with E-state index in [4.69, 9.17) is 9.47 Å². The highest BCUT2D eigenvalue weighted by molar-refractivity contribution is 5.33. The molecule has 1 aromatic carbocycles. The molecular weight excluding hydrogens is 252 g/mol. The first-order chi connectivity index (χ1) is 9.83. The first kappa shape index (κ1) is 14.8. The molecule has 1 saturated heterocycles. The predicted molar refractivity (Wildman–Crippen MR) is 77.6 cm³/mol. The first-order valence-corrected chi connectivity index (χ1v) is 7.31. The van der Waals surface area contributed by atoms with Crippen LogP contribution in [-0.2, 0) is 4.74 Å². The second-order valence-electron chi connectivity index (χ2n) is 5.03. The van der Waals surface area contributed by atoms with Crippen LogP contribution in [0.15, 0.2) is 24.3 Å². The van der Waals surface area contributed by atoms with Crippen molar-refractivity contribution in [1.29, 1.82) is 5.26 Å². The van der Waals surface area contributed by atoms with Gasteiger partial charge in [0.1, 0.15) is 11.8 Å². The van der Waals surface area contributed by atoms with E-state index in [1.807, 2.05) is 24.3 Å². The summed E-state index contributed by atoms with van der Waals surface area (Å²) in [4.78, 5) is 0. The highest BCUT2D eigenvalue weighted by Crippen LogP contribution is 2.20. The summed E-state index contributed by atoms with van der Waals surface area (Å²) < 4.78 is 11.2. The third-order valence-electron chi connectivity index (χ3n) is 3.37. The van der Waals surface area contributed by atoms with E-state index in [0.717, 1.165) is 43.7 Å². The number of nitrogens with zero attached hydrogens (tertiary/aromatic N) is 1. The molecule has 1 aliphatic rings. The lowest BCUT2D eigenvalue weighted by molar-refractivity contribution is 0.109. The molecule has 108 valence electrons. The summed E-state index contributed by atoms with van der Waals surface area (Å²) in [6.45, 7) is 4.33. The van der Waals surface area contributed by atoms with E-state index in [1.54, 1.807) is 0 Å². The van der Waals surface area contributed by atoms with Gasteiger partial charge in [0, 0.05) is 13.2 Å². The van der Waals surface area contributed by atoms with Crippen LogP contribution in [0.25, 0.3) is 0 Å². The third-order valence-corrected chi connectivity index (χ3v) is 3.37. The van der Waals surface area contributed by atoms with Crippen LogP contribution >= 0.6 is 0 Å². The van der Waals surface area contributed by atoms with Gasteiger partial charge in [0.25, 0.3) is 0 Å². The van der Waals surface area contributed by atoms with Crippen molar-refractivity contribution in [2.45, 2.75) is 38.3 Å². The van der Waals surface area contributed by atoms with Crippen LogP contribution in [0.4, 0.5) is 0 Å². The SMILES string of the molecule is CCCOc1cccc(C(C#N)NCC2CCCO2)c1. The Balaban J connectivity index is 1.93. The van der Waals surface area contributed by atoms with Gasteiger partial charge in [-0.25, -0.2) is 0 Å². The molecule has 1 aromatic rings. The Morgan fingerprint density at radius 2 is 2.45 bits per heavy atom. The van der Waals surface area contributed by atoms with E-state index >= 15 is 0 Å². The molecule has 1 aliphatic heterocycles. The van der Waals surface area contributed by atoms with Gasteiger partial charge in [-0.15, -0.1) is 0 Å². The largest absolute Gasteiger partial charge is 0.494 e. The Morgan fingerprint density at radius 3 is 3.15 bits per heavy atom. The van der Waals surface area contributed by atoms with Gasteiger partial charge in [-0.1, -0.05) is 19.1 Å². The molecule has 1 heterocycles. The standard InChI is InChI=1S/C16H22N2O2/c1-2-8-19-14-6-3-5-13(10-14)16(11-17)18-12-15-7-4-9-20-15/h3,5-6,10,15-16,18H,2,4,7-9,12H2,1H3. The third kappa shape index (κ3) is 4.22. The molecule has 2 rings (SSSR count). The molecule has 0 bridgehead atoms. The molecule has 2 atom stereocenters. The monoisotopic (exact) mass is 274 g/mol. The quantitative estimate of drug-likeness (QED) is 0.830. The van der Waals surface area contributed by atoms with Crippen molar-refractivity contribution in [2.24, 2.45) is 0 Å². The van der Waals surface area contributed by atoms with Crippen molar-refractivity contribution in [3.8, 4) is 11.8 Å². The fraction of sp³-hybridized carbons (Fsp3) is 0.562. The average molecular weight is 274 g/mol. The van der Waals surface area contributed by atoms with Crippen molar-refractivity contribution in [3.05, 3.63) is 29.8 Å². The molecule has 20 heavy (non-hydrogen) atoms. The summed E-state index contributed by atoms with van der Waals surface area (Å²) in [7, 11) is 0. The molecule has 0 aromatic heterocycles. The van der Waals surface area contributed by atoms with Crippen LogP contribution < -0.4 is 10.1 Å². The van der Waals surface area contributed by atoms with Crippen molar-refractivity contribution in [3.63, 3.8) is 0 Å². The van der Waals surface area contributed by atoms with Crippen LogP contribution in [0.2, 0.25) is 0 Å². The van der Waals surface area contributed by atoms with E-state index in [1.165, 1.54) is 0 Å². The van der Waals surface area contributed by atoms with Gasteiger partial charge in [0.15, 0.2) is 0 Å². The maximum Gasteiger partial charge on any atom is 0.121 e. The molecule has 1 N–H and O–H groups in total. The van der Waals surface area contributed by atoms with Gasteiger partial charge in [-0.2, -0.15) is 5.26 Å². The minimum Gasteiger partial charge on any atom is -0.494 e. The second-order valence-corrected chi connectivity index (χ2v) is 5.03. The van der Waals surface area contributed by atoms with E-state index in [9.17, 15) is 5.26 Å². The van der Waals surface area contributed by atoms with Crippen LogP contribution in [0, 0.1) is 11.3 Å². The molecular formula is C16H22N2O2. The smallest absolute Gasteiger partial charge is 0.121 e. The lowest BCUT2D eigenvalue weighted by Gasteiger charge is -2.16. The van der Waals surface area contributed by atoms with Crippen molar-refractivity contribution >= 4 is 0 Å². The number of nitrogens with one attached hydrogen (secondary N) is 1. The zero-order chi connectivity index (χ0) is 14.2. The second kappa shape index (κ2) is 7.88. The Labute approximate surface area is 120 Å². The molecule has 0 radical (unpaired) electrons. The lowest BCUT2D eigenvalue weighted by Crippen LogP contribution is -2.29. The molecule has 0 amide bonds. The number of benzene rings is 1. The van der Waals surface area contributed by atoms with E-state index in [2.05, 4.69) is 18.3 Å². The topological polar surface area (TPSA) is 54.3 Å². The normalized spacial score (nSPS) is 19.5. The van der Waals surface area contributed by atoms with Gasteiger partial charge < -0.3 is 9.47 Å². The Bertz CT molecular complexity index is 450.